The maximum absolute atomic E-state index is 13.4. The van der Waals surface area contributed by atoms with E-state index in [9.17, 15) is 13.6 Å². The summed E-state index contributed by atoms with van der Waals surface area (Å²) in [5.41, 5.74) is 1.07. The summed E-state index contributed by atoms with van der Waals surface area (Å²) in [6.45, 7) is 1.76. The van der Waals surface area contributed by atoms with Crippen LogP contribution < -0.4 is 5.32 Å². The van der Waals surface area contributed by atoms with E-state index in [-0.39, 0.29) is 23.1 Å². The number of hydrogen-bond acceptors (Lipinski definition) is 2. The lowest BCUT2D eigenvalue weighted by Crippen LogP contribution is -2.23. The lowest BCUT2D eigenvalue weighted by molar-refractivity contribution is 0.0950. The third kappa shape index (κ3) is 3.30. The van der Waals surface area contributed by atoms with Crippen LogP contribution in [0.3, 0.4) is 0 Å². The Kier molecular flexibility index (Phi) is 4.29. The highest BCUT2D eigenvalue weighted by Crippen LogP contribution is 2.14. The van der Waals surface area contributed by atoms with Crippen molar-refractivity contribution in [2.24, 2.45) is 0 Å². The van der Waals surface area contributed by atoms with Crippen molar-refractivity contribution in [3.63, 3.8) is 0 Å². The lowest BCUT2D eigenvalue weighted by atomic mass is 10.1. The largest absolute Gasteiger partial charge is 0.348 e. The van der Waals surface area contributed by atoms with Crippen LogP contribution in [0.1, 0.15) is 21.5 Å². The second-order valence-electron chi connectivity index (χ2n) is 4.26. The van der Waals surface area contributed by atoms with E-state index in [1.807, 2.05) is 0 Å². The average molecular weight is 297 g/mol. The molecule has 1 amide bonds. The molecule has 0 saturated carbocycles. The number of amides is 1. The summed E-state index contributed by atoms with van der Waals surface area (Å²) in [6.07, 6.45) is 0.925. The molecule has 0 unspecified atom stereocenters. The molecule has 20 heavy (non-hydrogen) atoms. The quantitative estimate of drug-likeness (QED) is 0.884. The molecular weight excluding hydrogens is 286 g/mol. The molecule has 0 spiro atoms. The van der Waals surface area contributed by atoms with Gasteiger partial charge >= 0.3 is 0 Å². The predicted octanol–water partition coefficient (Wildman–Crippen LogP) is 3.25. The van der Waals surface area contributed by atoms with E-state index < -0.39 is 11.7 Å². The number of nitrogens with one attached hydrogen (secondary N) is 1. The zero-order chi connectivity index (χ0) is 14.7. The third-order valence-corrected chi connectivity index (χ3v) is 3.04. The smallest absolute Gasteiger partial charge is 0.254 e. The van der Waals surface area contributed by atoms with Crippen molar-refractivity contribution in [3.8, 4) is 0 Å². The van der Waals surface area contributed by atoms with Gasteiger partial charge in [-0.1, -0.05) is 23.7 Å². The molecule has 0 aliphatic heterocycles. The predicted molar refractivity (Wildman–Crippen MR) is 71.5 cm³/mol. The Bertz CT molecular complexity index is 662. The first-order chi connectivity index (χ1) is 9.47. The Balaban J connectivity index is 2.08. The second-order valence-corrected chi connectivity index (χ2v) is 4.62. The molecule has 0 fully saturated rings. The first kappa shape index (κ1) is 14.4. The topological polar surface area (TPSA) is 42.0 Å². The SMILES string of the molecule is Cc1ccc(CNC(=O)c2cc(F)cnc2Cl)cc1F. The molecule has 1 aromatic heterocycles. The third-order valence-electron chi connectivity index (χ3n) is 2.74. The summed E-state index contributed by atoms with van der Waals surface area (Å²) in [6, 6.07) is 5.65. The molecule has 0 atom stereocenters. The van der Waals surface area contributed by atoms with Crippen LogP contribution in [0.2, 0.25) is 5.15 Å². The highest BCUT2D eigenvalue weighted by Gasteiger charge is 2.12. The normalized spacial score (nSPS) is 10.4. The van der Waals surface area contributed by atoms with Gasteiger partial charge in [-0.15, -0.1) is 0 Å². The van der Waals surface area contributed by atoms with Gasteiger partial charge in [-0.2, -0.15) is 0 Å². The maximum Gasteiger partial charge on any atom is 0.254 e. The van der Waals surface area contributed by atoms with E-state index in [0.717, 1.165) is 12.3 Å². The Morgan fingerprint density at radius 3 is 2.80 bits per heavy atom. The molecule has 6 heteroatoms. The average Bonchev–Trinajstić information content (AvgIpc) is 2.42. The van der Waals surface area contributed by atoms with Gasteiger partial charge in [-0.05, 0) is 30.2 Å². The number of halogens is 3. The number of pyridine rings is 1. The van der Waals surface area contributed by atoms with Crippen molar-refractivity contribution in [2.75, 3.05) is 0 Å². The summed E-state index contributed by atoms with van der Waals surface area (Å²) < 4.78 is 26.4. The van der Waals surface area contributed by atoms with Gasteiger partial charge in [0.1, 0.15) is 16.8 Å². The summed E-state index contributed by atoms with van der Waals surface area (Å²) in [5, 5.41) is 2.45. The fourth-order valence-electron chi connectivity index (χ4n) is 1.61. The van der Waals surface area contributed by atoms with E-state index in [1.165, 1.54) is 6.07 Å². The summed E-state index contributed by atoms with van der Waals surface area (Å²) >= 11 is 5.72. The molecule has 104 valence electrons. The van der Waals surface area contributed by atoms with Gasteiger partial charge in [-0.25, -0.2) is 13.8 Å². The molecule has 3 nitrogen and oxygen atoms in total. The van der Waals surface area contributed by atoms with Crippen LogP contribution in [0.15, 0.2) is 30.5 Å². The Labute approximate surface area is 119 Å². The maximum atomic E-state index is 13.4. The summed E-state index contributed by atoms with van der Waals surface area (Å²) in [7, 11) is 0. The van der Waals surface area contributed by atoms with E-state index in [0.29, 0.717) is 11.1 Å². The highest BCUT2D eigenvalue weighted by molar-refractivity contribution is 6.32. The van der Waals surface area contributed by atoms with Crippen molar-refractivity contribution < 1.29 is 13.6 Å². The molecule has 0 bridgehead atoms. The fourth-order valence-corrected chi connectivity index (χ4v) is 1.79. The number of benzene rings is 1. The Hall–Kier alpha value is -2.01. The van der Waals surface area contributed by atoms with Crippen molar-refractivity contribution in [2.45, 2.75) is 13.5 Å². The highest BCUT2D eigenvalue weighted by atomic mass is 35.5. The zero-order valence-electron chi connectivity index (χ0n) is 10.6. The minimum absolute atomic E-state index is 0.0562. The molecule has 1 N–H and O–H groups in total. The van der Waals surface area contributed by atoms with Crippen molar-refractivity contribution >= 4 is 17.5 Å². The number of carbonyl (C=O) groups excluding carboxylic acids is 1. The van der Waals surface area contributed by atoms with Crippen LogP contribution in [0.25, 0.3) is 0 Å². The summed E-state index contributed by atoms with van der Waals surface area (Å²) in [5.74, 6) is -1.56. The van der Waals surface area contributed by atoms with Crippen molar-refractivity contribution in [1.29, 1.82) is 0 Å². The number of hydrogen-bond donors (Lipinski definition) is 1. The van der Waals surface area contributed by atoms with Gasteiger partial charge in [0.25, 0.3) is 5.91 Å². The van der Waals surface area contributed by atoms with Crippen LogP contribution in [0.4, 0.5) is 8.78 Å². The molecular formula is C14H11ClF2N2O. The van der Waals surface area contributed by atoms with E-state index in [4.69, 9.17) is 11.6 Å². The van der Waals surface area contributed by atoms with E-state index in [2.05, 4.69) is 10.3 Å². The summed E-state index contributed by atoms with van der Waals surface area (Å²) in [4.78, 5) is 15.4. The van der Waals surface area contributed by atoms with Gasteiger partial charge < -0.3 is 5.32 Å². The van der Waals surface area contributed by atoms with Crippen molar-refractivity contribution in [3.05, 3.63) is 63.9 Å². The number of rotatable bonds is 3. The first-order valence-corrected chi connectivity index (χ1v) is 6.19. The fraction of sp³-hybridized carbons (Fsp3) is 0.143. The minimum atomic E-state index is -0.652. The van der Waals surface area contributed by atoms with Crippen LogP contribution in [-0.2, 0) is 6.54 Å². The Morgan fingerprint density at radius 2 is 2.10 bits per heavy atom. The van der Waals surface area contributed by atoms with Gasteiger partial charge in [0.2, 0.25) is 0 Å². The zero-order valence-corrected chi connectivity index (χ0v) is 11.3. The first-order valence-electron chi connectivity index (χ1n) is 5.81. The van der Waals surface area contributed by atoms with Gasteiger partial charge in [0, 0.05) is 6.54 Å². The van der Waals surface area contributed by atoms with Crippen LogP contribution in [0.5, 0.6) is 0 Å². The van der Waals surface area contributed by atoms with Crippen LogP contribution >= 0.6 is 11.6 Å². The van der Waals surface area contributed by atoms with Crippen LogP contribution in [0, 0.1) is 18.6 Å². The molecule has 2 rings (SSSR count). The second kappa shape index (κ2) is 5.96. The molecule has 1 aromatic carbocycles. The van der Waals surface area contributed by atoms with Crippen LogP contribution in [-0.4, -0.2) is 10.9 Å². The number of carbonyl (C=O) groups is 1. The number of aryl methyl sites for hydroxylation is 1. The molecule has 1 heterocycles. The number of aromatic nitrogens is 1. The molecule has 0 aliphatic rings. The molecule has 0 saturated heterocycles. The Morgan fingerprint density at radius 1 is 1.35 bits per heavy atom. The van der Waals surface area contributed by atoms with Gasteiger partial charge in [-0.3, -0.25) is 4.79 Å². The lowest BCUT2D eigenvalue weighted by Gasteiger charge is -2.07. The van der Waals surface area contributed by atoms with Gasteiger partial charge in [0.15, 0.2) is 0 Å². The minimum Gasteiger partial charge on any atom is -0.348 e. The number of nitrogens with zero attached hydrogens (tertiary/aromatic N) is 1. The van der Waals surface area contributed by atoms with Gasteiger partial charge in [0.05, 0.1) is 11.8 Å². The van der Waals surface area contributed by atoms with E-state index >= 15 is 0 Å². The van der Waals surface area contributed by atoms with Crippen molar-refractivity contribution in [1.82, 2.24) is 10.3 Å². The monoisotopic (exact) mass is 296 g/mol. The molecule has 2 aromatic rings. The van der Waals surface area contributed by atoms with E-state index in [1.54, 1.807) is 19.1 Å². The standard InChI is InChI=1S/C14H11ClF2N2O/c1-8-2-3-9(4-12(8)17)6-19-14(20)11-5-10(16)7-18-13(11)15/h2-5,7H,6H2,1H3,(H,19,20). The molecule has 0 radical (unpaired) electrons. The molecule has 0 aliphatic carbocycles.